The standard InChI is InChI=1S/C18H19ClN2S/c19-10-13-22-12-5-11-20-18-14-6-1-3-8-16(14)21-17-9-4-2-7-15(17)18/h1-4,6-9H,5,10-13H2,(H,20,21). The summed E-state index contributed by atoms with van der Waals surface area (Å²) in [5.74, 6) is 2.90. The van der Waals surface area contributed by atoms with Crippen molar-refractivity contribution in [1.82, 2.24) is 4.98 Å². The number of thioether (sulfide) groups is 1. The Hall–Kier alpha value is -1.45. The molecular weight excluding hydrogens is 312 g/mol. The third-order valence-corrected chi connectivity index (χ3v) is 5.06. The van der Waals surface area contributed by atoms with Crippen LogP contribution in [0.2, 0.25) is 0 Å². The molecule has 1 heterocycles. The first kappa shape index (κ1) is 15.4. The maximum atomic E-state index is 5.70. The summed E-state index contributed by atoms with van der Waals surface area (Å²) < 4.78 is 0. The highest BCUT2D eigenvalue weighted by Gasteiger charge is 2.07. The van der Waals surface area contributed by atoms with Crippen LogP contribution in [0.15, 0.2) is 48.5 Å². The lowest BCUT2D eigenvalue weighted by molar-refractivity contribution is 0.995. The molecular formula is C18H19ClN2S. The lowest BCUT2D eigenvalue weighted by Gasteiger charge is -2.13. The van der Waals surface area contributed by atoms with Crippen LogP contribution in [-0.4, -0.2) is 28.9 Å². The fourth-order valence-electron chi connectivity index (χ4n) is 2.57. The molecule has 4 heteroatoms. The van der Waals surface area contributed by atoms with Crippen molar-refractivity contribution < 1.29 is 0 Å². The second kappa shape index (κ2) is 7.70. The van der Waals surface area contributed by atoms with Crippen LogP contribution >= 0.6 is 23.4 Å². The quantitative estimate of drug-likeness (QED) is 0.368. The van der Waals surface area contributed by atoms with Gasteiger partial charge in [0.15, 0.2) is 0 Å². The zero-order chi connectivity index (χ0) is 15.2. The van der Waals surface area contributed by atoms with Crippen LogP contribution in [0.5, 0.6) is 0 Å². The van der Waals surface area contributed by atoms with Crippen molar-refractivity contribution in [3.05, 3.63) is 48.5 Å². The van der Waals surface area contributed by atoms with E-state index in [1.54, 1.807) is 0 Å². The van der Waals surface area contributed by atoms with Crippen molar-refractivity contribution in [2.45, 2.75) is 6.42 Å². The molecule has 0 aliphatic rings. The largest absolute Gasteiger partial charge is 0.384 e. The number of nitrogens with zero attached hydrogens (tertiary/aromatic N) is 1. The van der Waals surface area contributed by atoms with Gasteiger partial charge in [-0.05, 0) is 24.3 Å². The summed E-state index contributed by atoms with van der Waals surface area (Å²) in [5, 5.41) is 6.00. The van der Waals surface area contributed by atoms with Gasteiger partial charge < -0.3 is 5.32 Å². The van der Waals surface area contributed by atoms with E-state index >= 15 is 0 Å². The van der Waals surface area contributed by atoms with E-state index in [0.717, 1.165) is 41.4 Å². The lowest BCUT2D eigenvalue weighted by Crippen LogP contribution is -2.04. The van der Waals surface area contributed by atoms with Crippen LogP contribution in [0.1, 0.15) is 6.42 Å². The van der Waals surface area contributed by atoms with Crippen LogP contribution in [0, 0.1) is 0 Å². The highest BCUT2D eigenvalue weighted by Crippen LogP contribution is 2.30. The Labute approximate surface area is 140 Å². The van der Waals surface area contributed by atoms with Gasteiger partial charge in [-0.15, -0.1) is 11.6 Å². The fourth-order valence-corrected chi connectivity index (χ4v) is 3.56. The van der Waals surface area contributed by atoms with E-state index in [1.807, 2.05) is 23.9 Å². The van der Waals surface area contributed by atoms with Crippen molar-refractivity contribution in [2.75, 3.05) is 29.2 Å². The van der Waals surface area contributed by atoms with Gasteiger partial charge in [-0.1, -0.05) is 36.4 Å². The van der Waals surface area contributed by atoms with Crippen molar-refractivity contribution in [1.29, 1.82) is 0 Å². The molecule has 0 saturated carbocycles. The Morgan fingerprint density at radius 2 is 1.55 bits per heavy atom. The maximum absolute atomic E-state index is 5.70. The Kier molecular flexibility index (Phi) is 5.41. The summed E-state index contributed by atoms with van der Waals surface area (Å²) in [6.45, 7) is 0.966. The number of alkyl halides is 1. The topological polar surface area (TPSA) is 24.9 Å². The van der Waals surface area contributed by atoms with E-state index in [4.69, 9.17) is 16.6 Å². The molecule has 1 aromatic heterocycles. The van der Waals surface area contributed by atoms with Gasteiger partial charge in [-0.3, -0.25) is 0 Å². The summed E-state index contributed by atoms with van der Waals surface area (Å²) in [4.78, 5) is 4.75. The number of nitrogens with one attached hydrogen (secondary N) is 1. The molecule has 0 saturated heterocycles. The molecule has 3 rings (SSSR count). The molecule has 0 amide bonds. The highest BCUT2D eigenvalue weighted by molar-refractivity contribution is 7.99. The minimum absolute atomic E-state index is 0.734. The van der Waals surface area contributed by atoms with Gasteiger partial charge in [0.25, 0.3) is 0 Å². The second-order valence-corrected chi connectivity index (χ2v) is 6.71. The average molecular weight is 331 g/mol. The lowest BCUT2D eigenvalue weighted by atomic mass is 10.1. The van der Waals surface area contributed by atoms with Crippen LogP contribution < -0.4 is 5.32 Å². The number of rotatable bonds is 7. The first-order valence-corrected chi connectivity index (χ1v) is 9.24. The molecule has 2 nitrogen and oxygen atoms in total. The van der Waals surface area contributed by atoms with E-state index < -0.39 is 0 Å². The smallest absolute Gasteiger partial charge is 0.0730 e. The number of hydrogen-bond acceptors (Lipinski definition) is 3. The number of fused-ring (bicyclic) bond motifs is 2. The second-order valence-electron chi connectivity index (χ2n) is 5.10. The van der Waals surface area contributed by atoms with E-state index in [1.165, 1.54) is 16.5 Å². The number of halogens is 1. The minimum atomic E-state index is 0.734. The van der Waals surface area contributed by atoms with Crippen LogP contribution in [0.25, 0.3) is 21.8 Å². The number of anilines is 1. The van der Waals surface area contributed by atoms with Gasteiger partial charge in [0.1, 0.15) is 0 Å². The number of para-hydroxylation sites is 2. The van der Waals surface area contributed by atoms with Crippen LogP contribution in [-0.2, 0) is 0 Å². The Morgan fingerprint density at radius 1 is 0.909 bits per heavy atom. The Morgan fingerprint density at radius 3 is 2.18 bits per heavy atom. The summed E-state index contributed by atoms with van der Waals surface area (Å²) in [5.41, 5.74) is 3.28. The molecule has 0 fully saturated rings. The third kappa shape index (κ3) is 3.47. The molecule has 0 aliphatic heterocycles. The molecule has 0 bridgehead atoms. The molecule has 0 spiro atoms. The van der Waals surface area contributed by atoms with E-state index in [2.05, 4.69) is 41.7 Å². The molecule has 3 aromatic rings. The molecule has 0 unspecified atom stereocenters. The van der Waals surface area contributed by atoms with Gasteiger partial charge in [0.2, 0.25) is 0 Å². The molecule has 22 heavy (non-hydrogen) atoms. The number of hydrogen-bond donors (Lipinski definition) is 1. The van der Waals surface area contributed by atoms with Gasteiger partial charge in [-0.25, -0.2) is 4.98 Å². The fraction of sp³-hybridized carbons (Fsp3) is 0.278. The number of benzene rings is 2. The number of pyridine rings is 1. The molecule has 114 valence electrons. The van der Waals surface area contributed by atoms with Crippen LogP contribution in [0.4, 0.5) is 5.69 Å². The molecule has 0 radical (unpaired) electrons. The summed E-state index contributed by atoms with van der Waals surface area (Å²) >= 11 is 7.61. The molecule has 1 N–H and O–H groups in total. The van der Waals surface area contributed by atoms with Gasteiger partial charge in [0, 0.05) is 29.0 Å². The zero-order valence-corrected chi connectivity index (χ0v) is 14.0. The first-order chi connectivity index (χ1) is 10.9. The van der Waals surface area contributed by atoms with E-state index in [9.17, 15) is 0 Å². The summed E-state index contributed by atoms with van der Waals surface area (Å²) in [6, 6.07) is 16.6. The third-order valence-electron chi connectivity index (χ3n) is 3.58. The predicted molar refractivity (Wildman–Crippen MR) is 100 cm³/mol. The summed E-state index contributed by atoms with van der Waals surface area (Å²) in [7, 11) is 0. The zero-order valence-electron chi connectivity index (χ0n) is 12.4. The minimum Gasteiger partial charge on any atom is -0.384 e. The maximum Gasteiger partial charge on any atom is 0.0730 e. The monoisotopic (exact) mass is 330 g/mol. The van der Waals surface area contributed by atoms with Crippen molar-refractivity contribution >= 4 is 50.9 Å². The molecule has 2 aromatic carbocycles. The first-order valence-electron chi connectivity index (χ1n) is 7.55. The van der Waals surface area contributed by atoms with Gasteiger partial charge in [-0.2, -0.15) is 11.8 Å². The summed E-state index contributed by atoms with van der Waals surface area (Å²) in [6.07, 6.45) is 1.13. The normalized spacial score (nSPS) is 11.1. The Balaban J connectivity index is 1.85. The van der Waals surface area contributed by atoms with E-state index in [-0.39, 0.29) is 0 Å². The molecule has 0 aliphatic carbocycles. The molecule has 0 atom stereocenters. The highest BCUT2D eigenvalue weighted by atomic mass is 35.5. The van der Waals surface area contributed by atoms with Crippen molar-refractivity contribution in [3.63, 3.8) is 0 Å². The predicted octanol–water partition coefficient (Wildman–Crippen LogP) is 5.16. The number of aromatic nitrogens is 1. The van der Waals surface area contributed by atoms with Crippen molar-refractivity contribution in [3.8, 4) is 0 Å². The van der Waals surface area contributed by atoms with Gasteiger partial charge in [0.05, 0.1) is 16.7 Å². The van der Waals surface area contributed by atoms with Crippen molar-refractivity contribution in [2.24, 2.45) is 0 Å². The average Bonchev–Trinajstić information content (AvgIpc) is 2.57. The van der Waals surface area contributed by atoms with Gasteiger partial charge >= 0.3 is 0 Å². The van der Waals surface area contributed by atoms with E-state index in [0.29, 0.717) is 0 Å². The Bertz CT molecular complexity index is 706. The van der Waals surface area contributed by atoms with Crippen LogP contribution in [0.3, 0.4) is 0 Å². The SMILES string of the molecule is ClCCSCCCNc1c2ccccc2nc2ccccc12.